The normalized spacial score (nSPS) is 12.0. The smallest absolute Gasteiger partial charge is 0.281 e. The molecule has 0 atom stereocenters. The van der Waals surface area contributed by atoms with Crippen LogP contribution in [0.3, 0.4) is 0 Å². The van der Waals surface area contributed by atoms with Gasteiger partial charge in [0.1, 0.15) is 5.65 Å². The van der Waals surface area contributed by atoms with E-state index in [0.717, 1.165) is 5.56 Å². The van der Waals surface area contributed by atoms with Gasteiger partial charge in [0, 0.05) is 35.9 Å². The second-order valence-electron chi connectivity index (χ2n) is 5.47. The topological polar surface area (TPSA) is 63.0 Å². The number of fused-ring (bicyclic) bond motifs is 1. The fourth-order valence-corrected chi connectivity index (χ4v) is 3.47. The van der Waals surface area contributed by atoms with Gasteiger partial charge in [-0.15, -0.1) is 11.3 Å². The van der Waals surface area contributed by atoms with Crippen molar-refractivity contribution in [2.45, 2.75) is 6.54 Å². The molecule has 1 N–H and O–H groups in total. The highest BCUT2D eigenvalue weighted by Gasteiger charge is 2.13. The Kier molecular flexibility index (Phi) is 4.21. The molecule has 0 aliphatic heterocycles. The van der Waals surface area contributed by atoms with Crippen LogP contribution in [0.1, 0.15) is 15.9 Å². The van der Waals surface area contributed by atoms with E-state index in [4.69, 9.17) is 11.6 Å². The second-order valence-corrected chi connectivity index (χ2v) is 6.78. The van der Waals surface area contributed by atoms with Crippen molar-refractivity contribution in [2.24, 2.45) is 4.99 Å². The first-order valence-corrected chi connectivity index (χ1v) is 8.86. The first-order chi connectivity index (χ1) is 12.2. The lowest BCUT2D eigenvalue weighted by Gasteiger charge is -2.02. The lowest BCUT2D eigenvalue weighted by Crippen LogP contribution is -2.17. The van der Waals surface area contributed by atoms with Gasteiger partial charge in [-0.25, -0.2) is 4.98 Å². The van der Waals surface area contributed by atoms with E-state index in [2.05, 4.69) is 15.0 Å². The number of amides is 1. The number of thiazole rings is 1. The van der Waals surface area contributed by atoms with E-state index in [0.29, 0.717) is 33.0 Å². The number of halogens is 1. The summed E-state index contributed by atoms with van der Waals surface area (Å²) in [5, 5.41) is 3.08. The van der Waals surface area contributed by atoms with E-state index in [1.54, 1.807) is 18.5 Å². The van der Waals surface area contributed by atoms with Crippen molar-refractivity contribution in [3.05, 3.63) is 81.3 Å². The molecule has 5 nitrogen and oxygen atoms in total. The molecule has 25 heavy (non-hydrogen) atoms. The van der Waals surface area contributed by atoms with E-state index in [9.17, 15) is 4.79 Å². The lowest BCUT2D eigenvalue weighted by atomic mass is 10.2. The molecular formula is C18H13ClN4OS. The SMILES string of the molecule is O=C(N=c1sccn1Cc1ccccc1)c1c[nH]c2ncc(Cl)cc12. The number of carbonyl (C=O) groups is 1. The summed E-state index contributed by atoms with van der Waals surface area (Å²) < 4.78 is 1.96. The molecule has 0 aliphatic carbocycles. The molecule has 4 rings (SSSR count). The maximum atomic E-state index is 12.6. The first-order valence-electron chi connectivity index (χ1n) is 7.60. The Bertz CT molecular complexity index is 1110. The predicted octanol–water partition coefficient (Wildman–Crippen LogP) is 3.87. The molecule has 0 saturated carbocycles. The molecule has 3 aromatic heterocycles. The summed E-state index contributed by atoms with van der Waals surface area (Å²) in [6, 6.07) is 11.8. The third-order valence-corrected chi connectivity index (χ3v) is 4.78. The fraction of sp³-hybridized carbons (Fsp3) is 0.0556. The standard InChI is InChI=1S/C18H13ClN4OS/c19-13-8-14-15(10-21-16(14)20-9-13)17(24)22-18-23(6-7-25-18)11-12-4-2-1-3-5-12/h1-10H,11H2,(H,20,21). The predicted molar refractivity (Wildman–Crippen MR) is 98.9 cm³/mol. The number of H-pyrrole nitrogens is 1. The molecule has 0 fully saturated rings. The molecule has 0 unspecified atom stereocenters. The van der Waals surface area contributed by atoms with Gasteiger partial charge in [-0.2, -0.15) is 4.99 Å². The first kappa shape index (κ1) is 15.8. The molecule has 0 aliphatic rings. The Morgan fingerprint density at radius 1 is 1.32 bits per heavy atom. The van der Waals surface area contributed by atoms with Gasteiger partial charge in [-0.3, -0.25) is 4.79 Å². The minimum absolute atomic E-state index is 0.320. The van der Waals surface area contributed by atoms with Crippen LogP contribution in [0.15, 0.2) is 65.4 Å². The molecule has 0 bridgehead atoms. The number of aromatic amines is 1. The summed E-state index contributed by atoms with van der Waals surface area (Å²) in [6.45, 7) is 0.664. The second kappa shape index (κ2) is 6.66. The van der Waals surface area contributed by atoms with Crippen molar-refractivity contribution in [2.75, 3.05) is 0 Å². The zero-order valence-electron chi connectivity index (χ0n) is 13.0. The van der Waals surface area contributed by atoms with E-state index in [1.165, 1.54) is 11.3 Å². The van der Waals surface area contributed by atoms with Gasteiger partial charge in [0.25, 0.3) is 5.91 Å². The number of hydrogen-bond acceptors (Lipinski definition) is 3. The Morgan fingerprint density at radius 3 is 3.00 bits per heavy atom. The highest BCUT2D eigenvalue weighted by Crippen LogP contribution is 2.20. The van der Waals surface area contributed by atoms with Crippen molar-refractivity contribution in [3.8, 4) is 0 Å². The molecule has 1 amide bonds. The average molecular weight is 369 g/mol. The number of nitrogens with zero attached hydrogens (tertiary/aromatic N) is 3. The van der Waals surface area contributed by atoms with E-state index in [1.807, 2.05) is 46.5 Å². The Balaban J connectivity index is 1.70. The number of aromatic nitrogens is 3. The van der Waals surface area contributed by atoms with Crippen molar-refractivity contribution in [1.82, 2.24) is 14.5 Å². The van der Waals surface area contributed by atoms with Crippen LogP contribution in [0.4, 0.5) is 0 Å². The van der Waals surface area contributed by atoms with E-state index in [-0.39, 0.29) is 5.91 Å². The van der Waals surface area contributed by atoms with Crippen LogP contribution in [-0.2, 0) is 6.54 Å². The summed E-state index contributed by atoms with van der Waals surface area (Å²) in [5.41, 5.74) is 2.23. The van der Waals surface area contributed by atoms with Crippen molar-refractivity contribution >= 4 is 39.9 Å². The highest BCUT2D eigenvalue weighted by molar-refractivity contribution is 7.07. The summed E-state index contributed by atoms with van der Waals surface area (Å²) in [4.78, 5) is 24.7. The van der Waals surface area contributed by atoms with Crippen molar-refractivity contribution < 1.29 is 4.79 Å². The molecule has 0 spiro atoms. The molecule has 4 aromatic rings. The summed E-state index contributed by atoms with van der Waals surface area (Å²) in [6.07, 6.45) is 5.09. The molecular weight excluding hydrogens is 356 g/mol. The van der Waals surface area contributed by atoms with Gasteiger partial charge in [0.2, 0.25) is 0 Å². The van der Waals surface area contributed by atoms with Gasteiger partial charge >= 0.3 is 0 Å². The molecule has 3 heterocycles. The molecule has 124 valence electrons. The maximum absolute atomic E-state index is 12.6. The van der Waals surface area contributed by atoms with Crippen LogP contribution >= 0.6 is 22.9 Å². The fourth-order valence-electron chi connectivity index (χ4n) is 2.59. The minimum atomic E-state index is -0.320. The van der Waals surface area contributed by atoms with Crippen LogP contribution in [0.2, 0.25) is 5.02 Å². The Morgan fingerprint density at radius 2 is 2.16 bits per heavy atom. The maximum Gasteiger partial charge on any atom is 0.281 e. The number of pyridine rings is 1. The van der Waals surface area contributed by atoms with Crippen LogP contribution in [0.5, 0.6) is 0 Å². The van der Waals surface area contributed by atoms with Crippen molar-refractivity contribution in [1.29, 1.82) is 0 Å². The van der Waals surface area contributed by atoms with Gasteiger partial charge in [-0.05, 0) is 11.6 Å². The van der Waals surface area contributed by atoms with E-state index >= 15 is 0 Å². The number of rotatable bonds is 3. The van der Waals surface area contributed by atoms with Crippen molar-refractivity contribution in [3.63, 3.8) is 0 Å². The minimum Gasteiger partial charge on any atom is -0.345 e. The summed E-state index contributed by atoms with van der Waals surface area (Å²) in [7, 11) is 0. The molecule has 0 saturated heterocycles. The molecule has 7 heteroatoms. The van der Waals surface area contributed by atoms with Crippen LogP contribution in [0.25, 0.3) is 11.0 Å². The highest BCUT2D eigenvalue weighted by atomic mass is 35.5. The number of carbonyl (C=O) groups excluding carboxylic acids is 1. The van der Waals surface area contributed by atoms with Gasteiger partial charge < -0.3 is 9.55 Å². The van der Waals surface area contributed by atoms with Gasteiger partial charge in [-0.1, -0.05) is 41.9 Å². The van der Waals surface area contributed by atoms with Gasteiger partial charge in [0.15, 0.2) is 4.80 Å². The zero-order valence-corrected chi connectivity index (χ0v) is 14.6. The molecule has 0 radical (unpaired) electrons. The Hall–Kier alpha value is -2.70. The monoisotopic (exact) mass is 368 g/mol. The van der Waals surface area contributed by atoms with Crippen LogP contribution in [-0.4, -0.2) is 20.4 Å². The third-order valence-electron chi connectivity index (χ3n) is 3.78. The largest absolute Gasteiger partial charge is 0.345 e. The quantitative estimate of drug-likeness (QED) is 0.596. The van der Waals surface area contributed by atoms with Crippen LogP contribution in [0, 0.1) is 0 Å². The van der Waals surface area contributed by atoms with Crippen LogP contribution < -0.4 is 4.80 Å². The molecule has 1 aromatic carbocycles. The van der Waals surface area contributed by atoms with E-state index < -0.39 is 0 Å². The number of nitrogens with one attached hydrogen (secondary N) is 1. The summed E-state index contributed by atoms with van der Waals surface area (Å²) >= 11 is 7.42. The lowest BCUT2D eigenvalue weighted by molar-refractivity contribution is 0.0999. The summed E-state index contributed by atoms with van der Waals surface area (Å²) in [5.74, 6) is -0.320. The number of benzene rings is 1. The zero-order chi connectivity index (χ0) is 17.2. The average Bonchev–Trinajstić information content (AvgIpc) is 3.22. The number of hydrogen-bond donors (Lipinski definition) is 1. The van der Waals surface area contributed by atoms with Gasteiger partial charge in [0.05, 0.1) is 10.6 Å². The Labute approximate surface area is 152 Å². The third kappa shape index (κ3) is 3.26.